The lowest BCUT2D eigenvalue weighted by Gasteiger charge is -2.14. The van der Waals surface area contributed by atoms with E-state index < -0.39 is 0 Å². The molecule has 1 amide bonds. The van der Waals surface area contributed by atoms with Crippen LogP contribution in [-0.4, -0.2) is 30.6 Å². The molecule has 0 aromatic heterocycles. The monoisotopic (exact) mass is 219 g/mol. The standard InChI is InChI=1S/C9H17N3O.ClH/c1-5(10)4-11-9(13)8-3-6-2-7(6)12-8;/h5-8,12H,2-4,10H2,1H3,(H,11,13);1H/t5?,6-,7-,8+;/m1./s1. The lowest BCUT2D eigenvalue weighted by atomic mass is 10.1. The topological polar surface area (TPSA) is 67.1 Å². The molecule has 4 nitrogen and oxygen atoms in total. The maximum Gasteiger partial charge on any atom is 0.237 e. The summed E-state index contributed by atoms with van der Waals surface area (Å²) in [5, 5.41) is 6.14. The summed E-state index contributed by atoms with van der Waals surface area (Å²) in [6, 6.07) is 0.716. The van der Waals surface area contributed by atoms with Gasteiger partial charge in [-0.25, -0.2) is 0 Å². The Morgan fingerprint density at radius 1 is 1.64 bits per heavy atom. The number of amides is 1. The van der Waals surface area contributed by atoms with Crippen molar-refractivity contribution in [3.63, 3.8) is 0 Å². The normalized spacial score (nSPS) is 35.4. The van der Waals surface area contributed by atoms with Crippen LogP contribution in [0.4, 0.5) is 0 Å². The zero-order valence-electron chi connectivity index (χ0n) is 8.32. The van der Waals surface area contributed by atoms with Gasteiger partial charge >= 0.3 is 0 Å². The Hall–Kier alpha value is -0.320. The van der Waals surface area contributed by atoms with Gasteiger partial charge < -0.3 is 16.4 Å². The molecule has 0 aromatic carbocycles. The molecule has 2 rings (SSSR count). The van der Waals surface area contributed by atoms with Crippen molar-refractivity contribution in [2.45, 2.75) is 37.9 Å². The number of halogens is 1. The molecule has 0 spiro atoms. The lowest BCUT2D eigenvalue weighted by molar-refractivity contribution is -0.123. The highest BCUT2D eigenvalue weighted by molar-refractivity contribution is 5.85. The van der Waals surface area contributed by atoms with Gasteiger partial charge in [0.1, 0.15) is 0 Å². The van der Waals surface area contributed by atoms with E-state index in [9.17, 15) is 4.79 Å². The summed E-state index contributed by atoms with van der Waals surface area (Å²) in [6.45, 7) is 2.46. The number of carbonyl (C=O) groups is 1. The summed E-state index contributed by atoms with van der Waals surface area (Å²) in [4.78, 5) is 11.5. The van der Waals surface area contributed by atoms with Crippen molar-refractivity contribution in [3.8, 4) is 0 Å². The van der Waals surface area contributed by atoms with E-state index in [0.717, 1.165) is 12.3 Å². The van der Waals surface area contributed by atoms with Gasteiger partial charge in [-0.1, -0.05) is 0 Å². The molecule has 82 valence electrons. The van der Waals surface area contributed by atoms with Crippen molar-refractivity contribution in [1.29, 1.82) is 0 Å². The van der Waals surface area contributed by atoms with Gasteiger partial charge in [0.2, 0.25) is 5.91 Å². The highest BCUT2D eigenvalue weighted by Crippen LogP contribution is 2.40. The molecule has 1 aliphatic carbocycles. The molecule has 1 unspecified atom stereocenters. The van der Waals surface area contributed by atoms with Crippen LogP contribution in [0.25, 0.3) is 0 Å². The van der Waals surface area contributed by atoms with Gasteiger partial charge in [0.15, 0.2) is 0 Å². The van der Waals surface area contributed by atoms with Gasteiger partial charge in [-0.05, 0) is 25.7 Å². The van der Waals surface area contributed by atoms with Gasteiger partial charge in [0.05, 0.1) is 6.04 Å². The minimum atomic E-state index is 0. The van der Waals surface area contributed by atoms with Gasteiger partial charge in [-0.2, -0.15) is 0 Å². The van der Waals surface area contributed by atoms with Crippen molar-refractivity contribution in [3.05, 3.63) is 0 Å². The smallest absolute Gasteiger partial charge is 0.237 e. The average molecular weight is 220 g/mol. The predicted molar refractivity (Wildman–Crippen MR) is 57.3 cm³/mol. The number of piperidine rings is 1. The zero-order chi connectivity index (χ0) is 9.42. The summed E-state index contributed by atoms with van der Waals surface area (Å²) in [5.74, 6) is 0.885. The molecule has 0 aromatic rings. The summed E-state index contributed by atoms with van der Waals surface area (Å²) in [5.41, 5.74) is 5.54. The molecule has 0 bridgehead atoms. The second-order valence-corrected chi connectivity index (χ2v) is 4.28. The second-order valence-electron chi connectivity index (χ2n) is 4.28. The van der Waals surface area contributed by atoms with Crippen molar-refractivity contribution in [2.24, 2.45) is 11.7 Å². The van der Waals surface area contributed by atoms with Gasteiger partial charge in [0.25, 0.3) is 0 Å². The van der Waals surface area contributed by atoms with Crippen LogP contribution in [0.3, 0.4) is 0 Å². The minimum absolute atomic E-state index is 0. The quantitative estimate of drug-likeness (QED) is 0.607. The molecule has 2 aliphatic rings. The molecule has 1 saturated carbocycles. The molecule has 1 saturated heterocycles. The fraction of sp³-hybridized carbons (Fsp3) is 0.889. The number of rotatable bonds is 3. The number of nitrogens with one attached hydrogen (secondary N) is 2. The van der Waals surface area contributed by atoms with Gasteiger partial charge in [-0.15, -0.1) is 12.4 Å². The first-order chi connectivity index (χ1) is 6.16. The molecule has 5 heteroatoms. The second kappa shape index (κ2) is 4.47. The molecule has 4 atom stereocenters. The van der Waals surface area contributed by atoms with Crippen LogP contribution in [0.1, 0.15) is 19.8 Å². The van der Waals surface area contributed by atoms with Crippen LogP contribution in [-0.2, 0) is 4.79 Å². The zero-order valence-corrected chi connectivity index (χ0v) is 9.14. The Morgan fingerprint density at radius 2 is 2.36 bits per heavy atom. The van der Waals surface area contributed by atoms with Crippen molar-refractivity contribution >= 4 is 18.3 Å². The Labute approximate surface area is 90.4 Å². The third-order valence-corrected chi connectivity index (χ3v) is 2.79. The van der Waals surface area contributed by atoms with Crippen molar-refractivity contribution in [2.75, 3.05) is 6.54 Å². The molecular formula is C9H18ClN3O. The van der Waals surface area contributed by atoms with E-state index in [1.54, 1.807) is 0 Å². The fourth-order valence-electron chi connectivity index (χ4n) is 1.91. The Kier molecular flexibility index (Phi) is 3.75. The van der Waals surface area contributed by atoms with E-state index in [-0.39, 0.29) is 30.4 Å². The molecule has 14 heavy (non-hydrogen) atoms. The number of carbonyl (C=O) groups excluding carboxylic acids is 1. The lowest BCUT2D eigenvalue weighted by Crippen LogP contribution is -2.45. The van der Waals surface area contributed by atoms with Gasteiger partial charge in [-0.3, -0.25) is 4.79 Å². The van der Waals surface area contributed by atoms with Crippen molar-refractivity contribution in [1.82, 2.24) is 10.6 Å². The largest absolute Gasteiger partial charge is 0.353 e. The van der Waals surface area contributed by atoms with Crippen LogP contribution in [0.5, 0.6) is 0 Å². The van der Waals surface area contributed by atoms with Crippen LogP contribution in [0.2, 0.25) is 0 Å². The molecule has 2 fully saturated rings. The summed E-state index contributed by atoms with van der Waals surface area (Å²) in [6.07, 6.45) is 2.27. The number of nitrogens with two attached hydrogens (primary N) is 1. The third kappa shape index (κ3) is 2.59. The third-order valence-electron chi connectivity index (χ3n) is 2.79. The molecular weight excluding hydrogens is 202 g/mol. The maximum absolute atomic E-state index is 11.5. The SMILES string of the molecule is CC(N)CNC(=O)[C@@H]1C[C@H]2C[C@H]2N1.Cl. The van der Waals surface area contributed by atoms with E-state index in [0.29, 0.717) is 12.6 Å². The molecule has 0 radical (unpaired) electrons. The van der Waals surface area contributed by atoms with Crippen LogP contribution >= 0.6 is 12.4 Å². The average Bonchev–Trinajstić information content (AvgIpc) is 2.69. The summed E-state index contributed by atoms with van der Waals surface area (Å²) in [7, 11) is 0. The highest BCUT2D eigenvalue weighted by atomic mass is 35.5. The minimum Gasteiger partial charge on any atom is -0.353 e. The highest BCUT2D eigenvalue weighted by Gasteiger charge is 2.47. The maximum atomic E-state index is 11.5. The predicted octanol–water partition coefficient (Wildman–Crippen LogP) is -0.378. The number of fused-ring (bicyclic) bond motifs is 1. The first-order valence-corrected chi connectivity index (χ1v) is 4.96. The Morgan fingerprint density at radius 3 is 2.86 bits per heavy atom. The molecule has 4 N–H and O–H groups in total. The molecule has 1 heterocycles. The van der Waals surface area contributed by atoms with E-state index in [1.807, 2.05) is 6.92 Å². The Balaban J connectivity index is 0.000000980. The number of hydrogen-bond donors (Lipinski definition) is 3. The molecule has 1 aliphatic heterocycles. The van der Waals surface area contributed by atoms with Crippen LogP contribution in [0, 0.1) is 5.92 Å². The van der Waals surface area contributed by atoms with Crippen LogP contribution in [0.15, 0.2) is 0 Å². The van der Waals surface area contributed by atoms with Gasteiger partial charge in [0, 0.05) is 18.6 Å². The van der Waals surface area contributed by atoms with Crippen LogP contribution < -0.4 is 16.4 Å². The summed E-state index contributed by atoms with van der Waals surface area (Å²) < 4.78 is 0. The fourth-order valence-corrected chi connectivity index (χ4v) is 1.91. The first kappa shape index (κ1) is 11.8. The van der Waals surface area contributed by atoms with E-state index in [4.69, 9.17) is 5.73 Å². The van der Waals surface area contributed by atoms with E-state index >= 15 is 0 Å². The van der Waals surface area contributed by atoms with E-state index in [2.05, 4.69) is 10.6 Å². The Bertz CT molecular complexity index is 212. The summed E-state index contributed by atoms with van der Waals surface area (Å²) >= 11 is 0. The number of hydrogen-bond acceptors (Lipinski definition) is 3. The first-order valence-electron chi connectivity index (χ1n) is 4.96. The van der Waals surface area contributed by atoms with Crippen molar-refractivity contribution < 1.29 is 4.79 Å². The van der Waals surface area contributed by atoms with E-state index in [1.165, 1.54) is 6.42 Å².